The van der Waals surface area contributed by atoms with Gasteiger partial charge in [-0.1, -0.05) is 252 Å². The molecule has 3 heterocycles. The maximum atomic E-state index is 7.37. The largest absolute Gasteiger partial charge is 0.375 e. The minimum absolute atomic E-state index is 0.347. The number of nitrogens with zero attached hydrogens (tertiary/aromatic N) is 1. The summed E-state index contributed by atoms with van der Waals surface area (Å²) in [6.07, 6.45) is 63.1. The summed E-state index contributed by atoms with van der Waals surface area (Å²) in [5.41, 5.74) is 0. The molecule has 3 aliphatic rings. The van der Waals surface area contributed by atoms with Crippen molar-refractivity contribution in [3.05, 3.63) is 0 Å². The van der Waals surface area contributed by atoms with E-state index >= 15 is 0 Å². The van der Waals surface area contributed by atoms with E-state index in [4.69, 9.17) is 9.47 Å². The quantitative estimate of drug-likeness (QED) is 0.0618. The highest BCUT2D eigenvalue weighted by molar-refractivity contribution is 4.93. The topological polar surface area (TPSA) is 33.7 Å². The third-order valence-electron chi connectivity index (χ3n) is 16.2. The van der Waals surface area contributed by atoms with Crippen molar-refractivity contribution in [3.8, 4) is 0 Å². The average molecular weight is 886 g/mol. The Morgan fingerprint density at radius 2 is 0.778 bits per heavy atom. The van der Waals surface area contributed by atoms with Crippen molar-refractivity contribution in [3.63, 3.8) is 0 Å². The summed E-state index contributed by atoms with van der Waals surface area (Å²) in [6.45, 7) is 14.2. The lowest BCUT2D eigenvalue weighted by molar-refractivity contribution is -0.0182. The molecule has 0 bridgehead atoms. The summed E-state index contributed by atoms with van der Waals surface area (Å²) in [7, 11) is 0. The molecule has 3 saturated heterocycles. The molecule has 0 aromatic carbocycles. The van der Waals surface area contributed by atoms with E-state index in [-0.39, 0.29) is 0 Å². The molecule has 0 aliphatic carbocycles. The molecular weight excluding hydrogens is 769 g/mol. The van der Waals surface area contributed by atoms with Gasteiger partial charge in [-0.05, 0) is 82.7 Å². The lowest BCUT2D eigenvalue weighted by Crippen LogP contribution is -2.46. The van der Waals surface area contributed by atoms with Crippen LogP contribution in [-0.4, -0.2) is 61.5 Å². The lowest BCUT2D eigenvalue weighted by Gasteiger charge is -2.30. The first-order valence-electron chi connectivity index (χ1n) is 29.9. The number of unbranched alkanes of at least 4 members (excludes halogenated alkanes) is 30. The molecule has 0 amide bonds. The van der Waals surface area contributed by atoms with Crippen LogP contribution in [0.2, 0.25) is 0 Å². The zero-order valence-electron chi connectivity index (χ0n) is 43.7. The normalized spacial score (nSPS) is 23.6. The number of ether oxygens (including phenoxy) is 2. The molecular formula is C59H116N2O2. The maximum Gasteiger partial charge on any atom is 0.0736 e. The lowest BCUT2D eigenvalue weighted by atomic mass is 9.86. The zero-order valence-corrected chi connectivity index (χ0v) is 43.7. The van der Waals surface area contributed by atoms with Gasteiger partial charge >= 0.3 is 0 Å². The van der Waals surface area contributed by atoms with Crippen molar-refractivity contribution in [1.29, 1.82) is 0 Å². The van der Waals surface area contributed by atoms with E-state index in [0.717, 1.165) is 24.8 Å². The average Bonchev–Trinajstić information content (AvgIpc) is 3.89. The Bertz CT molecular complexity index is 954. The van der Waals surface area contributed by atoms with Crippen molar-refractivity contribution < 1.29 is 9.47 Å². The first-order valence-corrected chi connectivity index (χ1v) is 29.9. The van der Waals surface area contributed by atoms with E-state index in [2.05, 4.69) is 37.9 Å². The fourth-order valence-electron chi connectivity index (χ4n) is 12.0. The minimum Gasteiger partial charge on any atom is -0.375 e. The van der Waals surface area contributed by atoms with Gasteiger partial charge in [-0.15, -0.1) is 0 Å². The molecule has 4 nitrogen and oxygen atoms in total. The molecule has 7 unspecified atom stereocenters. The second-order valence-corrected chi connectivity index (χ2v) is 22.0. The Kier molecular flexibility index (Phi) is 37.1. The molecule has 3 fully saturated rings. The van der Waals surface area contributed by atoms with Crippen molar-refractivity contribution in [1.82, 2.24) is 10.2 Å². The molecule has 0 aromatic rings. The standard InChI is InChI=1S/C59H116N2O2/c1-5-9-13-17-21-25-29-33-38-44-57-53(42-36-31-27-23-19-15-11-7-3)50-55(62-57)52-56(60-46-49-61-47-40-35-41-48-61)59-51-54(43-37-32-28-24-20-16-12-8-4)58(63-59)45-39-34-30-26-22-18-14-10-6-2/h53-60H,5-52H2,1-4H3. The van der Waals surface area contributed by atoms with Gasteiger partial charge in [-0.3, -0.25) is 0 Å². The molecule has 4 heteroatoms. The van der Waals surface area contributed by atoms with Gasteiger partial charge in [0, 0.05) is 19.1 Å². The van der Waals surface area contributed by atoms with Gasteiger partial charge in [0.2, 0.25) is 0 Å². The third kappa shape index (κ3) is 28.7. The summed E-state index contributed by atoms with van der Waals surface area (Å²) in [6, 6.07) is 0.421. The number of hydrogen-bond acceptors (Lipinski definition) is 4. The fourth-order valence-corrected chi connectivity index (χ4v) is 12.0. The first-order chi connectivity index (χ1) is 31.2. The van der Waals surface area contributed by atoms with E-state index in [1.807, 2.05) is 0 Å². The molecule has 3 aliphatic heterocycles. The highest BCUT2D eigenvalue weighted by atomic mass is 16.5. The molecule has 0 saturated carbocycles. The summed E-state index contributed by atoms with van der Waals surface area (Å²) in [5, 5.41) is 4.23. The third-order valence-corrected chi connectivity index (χ3v) is 16.2. The summed E-state index contributed by atoms with van der Waals surface area (Å²) >= 11 is 0. The van der Waals surface area contributed by atoms with Crippen molar-refractivity contribution in [2.45, 2.75) is 341 Å². The number of rotatable bonds is 45. The van der Waals surface area contributed by atoms with Gasteiger partial charge in [-0.2, -0.15) is 0 Å². The predicted octanol–water partition coefficient (Wildman–Crippen LogP) is 18.3. The highest BCUT2D eigenvalue weighted by Gasteiger charge is 2.41. The van der Waals surface area contributed by atoms with Crippen molar-refractivity contribution >= 4 is 0 Å². The van der Waals surface area contributed by atoms with Crippen LogP contribution in [0.15, 0.2) is 0 Å². The number of piperidine rings is 1. The Hall–Kier alpha value is -0.160. The molecule has 0 spiro atoms. The predicted molar refractivity (Wildman–Crippen MR) is 278 cm³/mol. The second-order valence-electron chi connectivity index (χ2n) is 22.0. The van der Waals surface area contributed by atoms with Gasteiger partial charge in [0.15, 0.2) is 0 Å². The van der Waals surface area contributed by atoms with E-state index in [1.54, 1.807) is 0 Å². The van der Waals surface area contributed by atoms with Gasteiger partial charge in [0.05, 0.1) is 24.4 Å². The summed E-state index contributed by atoms with van der Waals surface area (Å²) in [5.74, 6) is 1.51. The van der Waals surface area contributed by atoms with Crippen LogP contribution in [0.5, 0.6) is 0 Å². The molecule has 374 valence electrons. The smallest absolute Gasteiger partial charge is 0.0736 e. The number of nitrogens with one attached hydrogen (secondary N) is 1. The van der Waals surface area contributed by atoms with E-state index in [9.17, 15) is 0 Å². The van der Waals surface area contributed by atoms with E-state index < -0.39 is 0 Å². The van der Waals surface area contributed by atoms with Gasteiger partial charge in [0.25, 0.3) is 0 Å². The Morgan fingerprint density at radius 1 is 0.413 bits per heavy atom. The van der Waals surface area contributed by atoms with Crippen LogP contribution in [0, 0.1) is 11.8 Å². The van der Waals surface area contributed by atoms with Crippen LogP contribution in [0.4, 0.5) is 0 Å². The molecule has 63 heavy (non-hydrogen) atoms. The molecule has 0 radical (unpaired) electrons. The highest BCUT2D eigenvalue weighted by Crippen LogP contribution is 2.40. The van der Waals surface area contributed by atoms with Crippen molar-refractivity contribution in [2.75, 3.05) is 26.2 Å². The first kappa shape index (κ1) is 57.2. The van der Waals surface area contributed by atoms with Gasteiger partial charge in [-0.25, -0.2) is 0 Å². The van der Waals surface area contributed by atoms with Crippen LogP contribution in [0.25, 0.3) is 0 Å². The summed E-state index contributed by atoms with van der Waals surface area (Å²) < 4.78 is 14.6. The van der Waals surface area contributed by atoms with Crippen LogP contribution < -0.4 is 5.32 Å². The molecule has 0 aromatic heterocycles. The van der Waals surface area contributed by atoms with Crippen molar-refractivity contribution in [2.24, 2.45) is 11.8 Å². The minimum atomic E-state index is 0.347. The van der Waals surface area contributed by atoms with Crippen LogP contribution in [0.3, 0.4) is 0 Å². The van der Waals surface area contributed by atoms with Gasteiger partial charge in [0.1, 0.15) is 0 Å². The molecule has 1 N–H and O–H groups in total. The number of hydrogen-bond donors (Lipinski definition) is 1. The van der Waals surface area contributed by atoms with Crippen LogP contribution in [0.1, 0.15) is 310 Å². The fraction of sp³-hybridized carbons (Fsp3) is 1.00. The zero-order chi connectivity index (χ0) is 44.7. The second kappa shape index (κ2) is 40.9. The van der Waals surface area contributed by atoms with E-state index in [1.165, 1.54) is 296 Å². The van der Waals surface area contributed by atoms with Crippen LogP contribution in [-0.2, 0) is 9.47 Å². The maximum absolute atomic E-state index is 7.37. The Labute approximate surface area is 396 Å². The number of likely N-dealkylation sites (tertiary alicyclic amines) is 1. The molecule has 3 rings (SSSR count). The summed E-state index contributed by atoms with van der Waals surface area (Å²) in [4.78, 5) is 2.73. The van der Waals surface area contributed by atoms with E-state index in [0.29, 0.717) is 30.5 Å². The Balaban J connectivity index is 1.61. The van der Waals surface area contributed by atoms with Crippen LogP contribution >= 0.6 is 0 Å². The SMILES string of the molecule is CCCCCCCCCCCC1OC(CC(NCCN2CCCCC2)C2CC(CCCCCCCCCC)C(CCCCCCCCCCC)O2)CC1CCCCCCCCCC. The monoisotopic (exact) mass is 885 g/mol. The van der Waals surface area contributed by atoms with Gasteiger partial charge < -0.3 is 19.7 Å². The molecule has 7 atom stereocenters. The Morgan fingerprint density at radius 3 is 1.21 bits per heavy atom.